The Bertz CT molecular complexity index is 800. The lowest BCUT2D eigenvalue weighted by Crippen LogP contribution is -1.98. The average molecular weight is 338 g/mol. The molecule has 3 aromatic rings. The number of nitrogens with zero attached hydrogens (tertiary/aromatic N) is 2. The molecule has 0 fully saturated rings. The van der Waals surface area contributed by atoms with Gasteiger partial charge in [-0.25, -0.2) is 4.98 Å². The summed E-state index contributed by atoms with van der Waals surface area (Å²) in [4.78, 5) is 8.79. The van der Waals surface area contributed by atoms with Gasteiger partial charge in [-0.3, -0.25) is 4.98 Å². The molecule has 5 heteroatoms. The number of rotatable bonds is 8. The van der Waals surface area contributed by atoms with Crippen LogP contribution in [0.2, 0.25) is 0 Å². The summed E-state index contributed by atoms with van der Waals surface area (Å²) in [6, 6.07) is 11.8. The highest BCUT2D eigenvalue weighted by molar-refractivity contribution is 5.57. The SMILES string of the molecule is COc1ccc(-c2nc(COCCCc3ccccn3)co2)cc1C. The van der Waals surface area contributed by atoms with Crippen LogP contribution in [0.4, 0.5) is 0 Å². The first-order chi connectivity index (χ1) is 12.3. The predicted octanol–water partition coefficient (Wildman–Crippen LogP) is 4.20. The third-order valence-electron chi connectivity index (χ3n) is 3.89. The number of hydrogen-bond donors (Lipinski definition) is 0. The second-order valence-corrected chi connectivity index (χ2v) is 5.81. The maximum atomic E-state index is 5.68. The van der Waals surface area contributed by atoms with Crippen LogP contribution in [-0.4, -0.2) is 23.7 Å². The molecule has 0 aliphatic rings. The van der Waals surface area contributed by atoms with E-state index in [-0.39, 0.29) is 0 Å². The summed E-state index contributed by atoms with van der Waals surface area (Å²) >= 11 is 0. The number of pyridine rings is 1. The van der Waals surface area contributed by atoms with E-state index in [1.807, 2.05) is 49.5 Å². The van der Waals surface area contributed by atoms with Crippen LogP contribution >= 0.6 is 0 Å². The molecule has 0 saturated heterocycles. The molecule has 0 spiro atoms. The summed E-state index contributed by atoms with van der Waals surface area (Å²) in [7, 11) is 1.66. The molecule has 0 unspecified atom stereocenters. The maximum Gasteiger partial charge on any atom is 0.226 e. The van der Waals surface area contributed by atoms with Crippen molar-refractivity contribution in [2.45, 2.75) is 26.4 Å². The van der Waals surface area contributed by atoms with Crippen molar-refractivity contribution in [1.82, 2.24) is 9.97 Å². The number of aryl methyl sites for hydroxylation is 2. The van der Waals surface area contributed by atoms with Gasteiger partial charge in [-0.15, -0.1) is 0 Å². The van der Waals surface area contributed by atoms with Gasteiger partial charge in [-0.2, -0.15) is 0 Å². The van der Waals surface area contributed by atoms with Gasteiger partial charge in [-0.1, -0.05) is 6.07 Å². The Hall–Kier alpha value is -2.66. The van der Waals surface area contributed by atoms with Crippen molar-refractivity contribution in [3.8, 4) is 17.2 Å². The standard InChI is InChI=1S/C20H22N2O3/c1-15-12-16(8-9-19(15)23-2)20-22-18(14-25-20)13-24-11-5-7-17-6-3-4-10-21-17/h3-4,6,8-10,12,14H,5,7,11,13H2,1-2H3. The molecule has 130 valence electrons. The summed E-state index contributed by atoms with van der Waals surface area (Å²) in [6.07, 6.45) is 5.30. The smallest absolute Gasteiger partial charge is 0.226 e. The largest absolute Gasteiger partial charge is 0.496 e. The van der Waals surface area contributed by atoms with Crippen molar-refractivity contribution < 1.29 is 13.9 Å². The Morgan fingerprint density at radius 1 is 1.12 bits per heavy atom. The molecule has 2 heterocycles. The van der Waals surface area contributed by atoms with E-state index in [9.17, 15) is 0 Å². The molecule has 0 saturated carbocycles. The fourth-order valence-corrected chi connectivity index (χ4v) is 2.60. The topological polar surface area (TPSA) is 57.4 Å². The highest BCUT2D eigenvalue weighted by Gasteiger charge is 2.09. The zero-order valence-corrected chi connectivity index (χ0v) is 14.6. The Morgan fingerprint density at radius 3 is 2.80 bits per heavy atom. The number of aromatic nitrogens is 2. The van der Waals surface area contributed by atoms with Crippen molar-refractivity contribution in [1.29, 1.82) is 0 Å². The Kier molecular flexibility index (Phi) is 5.80. The molecule has 2 aromatic heterocycles. The van der Waals surface area contributed by atoms with E-state index in [2.05, 4.69) is 9.97 Å². The van der Waals surface area contributed by atoms with Crippen LogP contribution in [0.25, 0.3) is 11.5 Å². The highest BCUT2D eigenvalue weighted by atomic mass is 16.5. The maximum absolute atomic E-state index is 5.68. The van der Waals surface area contributed by atoms with Crippen LogP contribution in [0.15, 0.2) is 53.3 Å². The summed E-state index contributed by atoms with van der Waals surface area (Å²) in [5.74, 6) is 1.45. The number of benzene rings is 1. The zero-order valence-electron chi connectivity index (χ0n) is 14.6. The second-order valence-electron chi connectivity index (χ2n) is 5.81. The van der Waals surface area contributed by atoms with Gasteiger partial charge in [0.1, 0.15) is 17.7 Å². The van der Waals surface area contributed by atoms with Crippen molar-refractivity contribution in [2.75, 3.05) is 13.7 Å². The highest BCUT2D eigenvalue weighted by Crippen LogP contribution is 2.25. The first-order valence-electron chi connectivity index (χ1n) is 8.33. The third kappa shape index (κ3) is 4.67. The minimum absolute atomic E-state index is 0.445. The molecule has 0 aliphatic carbocycles. The molecule has 0 aliphatic heterocycles. The van der Waals surface area contributed by atoms with Gasteiger partial charge in [0.25, 0.3) is 0 Å². The monoisotopic (exact) mass is 338 g/mol. The average Bonchev–Trinajstić information content (AvgIpc) is 3.11. The molecule has 25 heavy (non-hydrogen) atoms. The second kappa shape index (κ2) is 8.44. The zero-order chi connectivity index (χ0) is 17.5. The molecule has 5 nitrogen and oxygen atoms in total. The molecule has 0 bridgehead atoms. The molecule has 3 rings (SSSR count). The van der Waals surface area contributed by atoms with Crippen molar-refractivity contribution in [2.24, 2.45) is 0 Å². The van der Waals surface area contributed by atoms with Crippen molar-refractivity contribution in [3.05, 3.63) is 65.8 Å². The van der Waals surface area contributed by atoms with E-state index in [0.717, 1.165) is 41.1 Å². The van der Waals surface area contributed by atoms with Crippen LogP contribution in [0, 0.1) is 6.92 Å². The first-order valence-corrected chi connectivity index (χ1v) is 8.33. The van der Waals surface area contributed by atoms with E-state index in [4.69, 9.17) is 13.9 Å². The lowest BCUT2D eigenvalue weighted by Gasteiger charge is -2.05. The number of oxazole rings is 1. The van der Waals surface area contributed by atoms with Gasteiger partial charge >= 0.3 is 0 Å². The van der Waals surface area contributed by atoms with Crippen LogP contribution < -0.4 is 4.74 Å². The van der Waals surface area contributed by atoms with Gasteiger partial charge in [0, 0.05) is 24.1 Å². The van der Waals surface area contributed by atoms with Gasteiger partial charge in [-0.05, 0) is 55.7 Å². The minimum atomic E-state index is 0.445. The van der Waals surface area contributed by atoms with Gasteiger partial charge in [0.05, 0.1) is 13.7 Å². The quantitative estimate of drug-likeness (QED) is 0.576. The molecular formula is C20H22N2O3. The van der Waals surface area contributed by atoms with E-state index in [1.54, 1.807) is 13.4 Å². The van der Waals surface area contributed by atoms with Crippen molar-refractivity contribution >= 4 is 0 Å². The van der Waals surface area contributed by atoms with Crippen LogP contribution in [0.5, 0.6) is 5.75 Å². The van der Waals surface area contributed by atoms with E-state index < -0.39 is 0 Å². The fourth-order valence-electron chi connectivity index (χ4n) is 2.60. The van der Waals surface area contributed by atoms with Gasteiger partial charge in [0.2, 0.25) is 5.89 Å². The van der Waals surface area contributed by atoms with Crippen LogP contribution in [-0.2, 0) is 17.8 Å². The normalized spacial score (nSPS) is 10.8. The van der Waals surface area contributed by atoms with Gasteiger partial charge in [0.15, 0.2) is 0 Å². The summed E-state index contributed by atoms with van der Waals surface area (Å²) < 4.78 is 16.5. The Balaban J connectivity index is 1.48. The minimum Gasteiger partial charge on any atom is -0.496 e. The van der Waals surface area contributed by atoms with E-state index in [1.165, 1.54) is 0 Å². The van der Waals surface area contributed by atoms with Crippen molar-refractivity contribution in [3.63, 3.8) is 0 Å². The number of hydrogen-bond acceptors (Lipinski definition) is 5. The number of ether oxygens (including phenoxy) is 2. The Labute approximate surface area is 147 Å². The fraction of sp³-hybridized carbons (Fsp3) is 0.300. The predicted molar refractivity (Wildman–Crippen MR) is 95.4 cm³/mol. The molecular weight excluding hydrogens is 316 g/mol. The third-order valence-corrected chi connectivity index (χ3v) is 3.89. The van der Waals surface area contributed by atoms with Crippen LogP contribution in [0.3, 0.4) is 0 Å². The molecule has 1 aromatic carbocycles. The first kappa shape index (κ1) is 17.2. The lowest BCUT2D eigenvalue weighted by molar-refractivity contribution is 0.116. The molecule has 0 atom stereocenters. The van der Waals surface area contributed by atoms with E-state index in [0.29, 0.717) is 19.1 Å². The molecule has 0 N–H and O–H groups in total. The number of methoxy groups -OCH3 is 1. The lowest BCUT2D eigenvalue weighted by atomic mass is 10.1. The van der Waals surface area contributed by atoms with Gasteiger partial charge < -0.3 is 13.9 Å². The summed E-state index contributed by atoms with van der Waals surface area (Å²) in [5, 5.41) is 0. The van der Waals surface area contributed by atoms with Crippen LogP contribution in [0.1, 0.15) is 23.4 Å². The Morgan fingerprint density at radius 2 is 2.04 bits per heavy atom. The molecule has 0 amide bonds. The van der Waals surface area contributed by atoms with E-state index >= 15 is 0 Å². The summed E-state index contributed by atoms with van der Waals surface area (Å²) in [6.45, 7) is 3.11. The molecule has 0 radical (unpaired) electrons. The summed E-state index contributed by atoms with van der Waals surface area (Å²) in [5.41, 5.74) is 3.86.